The van der Waals surface area contributed by atoms with Gasteiger partial charge in [0.05, 0.1) is 12.7 Å². The molecule has 0 fully saturated rings. The van der Waals surface area contributed by atoms with Crippen LogP contribution in [0, 0.1) is 0 Å². The van der Waals surface area contributed by atoms with E-state index >= 15 is 0 Å². The van der Waals surface area contributed by atoms with E-state index < -0.39 is 0 Å². The van der Waals surface area contributed by atoms with Crippen molar-refractivity contribution >= 4 is 33.4 Å². The number of nitrogens with one attached hydrogen (secondary N) is 1. The number of amides is 1. The van der Waals surface area contributed by atoms with Gasteiger partial charge >= 0.3 is 0 Å². The first kappa shape index (κ1) is 15.3. The van der Waals surface area contributed by atoms with E-state index in [0.29, 0.717) is 16.3 Å². The fraction of sp³-hybridized carbons (Fsp3) is 0.462. The van der Waals surface area contributed by atoms with Gasteiger partial charge in [-0.25, -0.2) is 0 Å². The van der Waals surface area contributed by atoms with E-state index in [1.165, 1.54) is 7.11 Å². The lowest BCUT2D eigenvalue weighted by atomic mass is 10.1. The largest absolute Gasteiger partial charge is 0.496 e. The molecule has 0 bridgehead atoms. The Balaban J connectivity index is 2.74. The van der Waals surface area contributed by atoms with E-state index in [4.69, 9.17) is 16.3 Å². The maximum atomic E-state index is 12.1. The molecule has 5 heteroatoms. The maximum absolute atomic E-state index is 12.1. The molecule has 0 saturated carbocycles. The molecule has 18 heavy (non-hydrogen) atoms. The van der Waals surface area contributed by atoms with Crippen LogP contribution in [-0.2, 0) is 0 Å². The molecule has 1 unspecified atom stereocenters. The predicted molar refractivity (Wildman–Crippen MR) is 78.0 cm³/mol. The van der Waals surface area contributed by atoms with Gasteiger partial charge in [0.1, 0.15) is 5.75 Å². The van der Waals surface area contributed by atoms with E-state index in [2.05, 4.69) is 21.2 Å². The molecular formula is C13H17BrClNO2. The van der Waals surface area contributed by atoms with Crippen molar-refractivity contribution in [3.05, 3.63) is 28.8 Å². The summed E-state index contributed by atoms with van der Waals surface area (Å²) in [5, 5.41) is 4.39. The smallest absolute Gasteiger partial charge is 0.255 e. The van der Waals surface area contributed by atoms with Crippen LogP contribution >= 0.6 is 27.5 Å². The van der Waals surface area contributed by atoms with Crippen LogP contribution in [0.3, 0.4) is 0 Å². The zero-order valence-electron chi connectivity index (χ0n) is 10.5. The predicted octanol–water partition coefficient (Wildman–Crippen LogP) is 3.64. The lowest BCUT2D eigenvalue weighted by Crippen LogP contribution is -2.32. The van der Waals surface area contributed by atoms with Crippen LogP contribution in [-0.4, -0.2) is 24.4 Å². The number of carbonyl (C=O) groups is 1. The molecule has 0 aliphatic rings. The molecular weight excluding hydrogens is 318 g/mol. The molecule has 0 heterocycles. The summed E-state index contributed by atoms with van der Waals surface area (Å²) < 4.78 is 5.16. The molecule has 0 aliphatic carbocycles. The van der Waals surface area contributed by atoms with Crippen LogP contribution in [0.25, 0.3) is 0 Å². The zero-order valence-corrected chi connectivity index (χ0v) is 12.8. The average Bonchev–Trinajstić information content (AvgIpc) is 2.36. The summed E-state index contributed by atoms with van der Waals surface area (Å²) >= 11 is 9.27. The van der Waals surface area contributed by atoms with Crippen molar-refractivity contribution in [3.8, 4) is 5.75 Å². The number of hydrogen-bond donors (Lipinski definition) is 1. The quantitative estimate of drug-likeness (QED) is 0.807. The molecule has 1 N–H and O–H groups in total. The van der Waals surface area contributed by atoms with Crippen LogP contribution in [0.1, 0.15) is 30.1 Å². The van der Waals surface area contributed by atoms with Gasteiger partial charge in [0.15, 0.2) is 0 Å². The Labute approximate surface area is 121 Å². The van der Waals surface area contributed by atoms with Crippen LogP contribution in [0.5, 0.6) is 5.75 Å². The van der Waals surface area contributed by atoms with Gasteiger partial charge in [-0.15, -0.1) is 0 Å². The van der Waals surface area contributed by atoms with Crippen molar-refractivity contribution in [2.24, 2.45) is 0 Å². The van der Waals surface area contributed by atoms with Crippen molar-refractivity contribution in [1.29, 1.82) is 0 Å². The summed E-state index contributed by atoms with van der Waals surface area (Å²) in [5.74, 6) is 0.376. The number of methoxy groups -OCH3 is 1. The van der Waals surface area contributed by atoms with Crippen molar-refractivity contribution in [2.75, 3.05) is 12.4 Å². The van der Waals surface area contributed by atoms with Gasteiger partial charge in [-0.05, 0) is 38.0 Å². The highest BCUT2D eigenvalue weighted by Gasteiger charge is 2.14. The molecule has 1 aromatic rings. The summed E-state index contributed by atoms with van der Waals surface area (Å²) in [6.45, 7) is 1.98. The second kappa shape index (κ2) is 7.64. The SMILES string of the molecule is COc1ccc(Cl)cc1C(=O)NC(C)CCCBr. The normalized spacial score (nSPS) is 12.0. The molecule has 0 spiro atoms. The van der Waals surface area contributed by atoms with E-state index in [1.54, 1.807) is 18.2 Å². The first-order chi connectivity index (χ1) is 8.58. The highest BCUT2D eigenvalue weighted by molar-refractivity contribution is 9.09. The van der Waals surface area contributed by atoms with Crippen molar-refractivity contribution < 1.29 is 9.53 Å². The van der Waals surface area contributed by atoms with Gasteiger partial charge in [0.2, 0.25) is 0 Å². The van der Waals surface area contributed by atoms with E-state index in [9.17, 15) is 4.79 Å². The zero-order chi connectivity index (χ0) is 13.5. The molecule has 100 valence electrons. The Hall–Kier alpha value is -0.740. The highest BCUT2D eigenvalue weighted by atomic mass is 79.9. The topological polar surface area (TPSA) is 38.3 Å². The minimum atomic E-state index is -0.156. The summed E-state index contributed by atoms with van der Waals surface area (Å²) in [6.07, 6.45) is 1.95. The third-order valence-corrected chi connectivity index (χ3v) is 3.35. The van der Waals surface area contributed by atoms with Gasteiger partial charge in [-0.2, -0.15) is 0 Å². The average molecular weight is 335 g/mol. The minimum Gasteiger partial charge on any atom is -0.496 e. The Morgan fingerprint density at radius 3 is 2.89 bits per heavy atom. The van der Waals surface area contributed by atoms with Gasteiger partial charge in [-0.3, -0.25) is 4.79 Å². The number of hydrogen-bond acceptors (Lipinski definition) is 2. The van der Waals surface area contributed by atoms with Crippen molar-refractivity contribution in [1.82, 2.24) is 5.32 Å². The first-order valence-corrected chi connectivity index (χ1v) is 7.28. The second-order valence-corrected chi connectivity index (χ2v) is 5.28. The Morgan fingerprint density at radius 1 is 1.56 bits per heavy atom. The Kier molecular flexibility index (Phi) is 6.50. The molecule has 0 aromatic heterocycles. The van der Waals surface area contributed by atoms with Crippen molar-refractivity contribution in [3.63, 3.8) is 0 Å². The number of carbonyl (C=O) groups excluding carboxylic acids is 1. The molecule has 1 rings (SSSR count). The monoisotopic (exact) mass is 333 g/mol. The fourth-order valence-electron chi connectivity index (χ4n) is 1.61. The summed E-state index contributed by atoms with van der Waals surface area (Å²) in [6, 6.07) is 5.14. The second-order valence-electron chi connectivity index (χ2n) is 4.05. The van der Waals surface area contributed by atoms with Crippen LogP contribution in [0.2, 0.25) is 5.02 Å². The van der Waals surface area contributed by atoms with E-state index in [0.717, 1.165) is 18.2 Å². The molecule has 0 saturated heterocycles. The first-order valence-electron chi connectivity index (χ1n) is 5.79. The fourth-order valence-corrected chi connectivity index (χ4v) is 2.11. The third-order valence-electron chi connectivity index (χ3n) is 2.55. The van der Waals surface area contributed by atoms with Crippen LogP contribution in [0.15, 0.2) is 18.2 Å². The van der Waals surface area contributed by atoms with Gasteiger partial charge in [0, 0.05) is 16.4 Å². The number of halogens is 2. The van der Waals surface area contributed by atoms with Gasteiger partial charge in [0.25, 0.3) is 5.91 Å². The lowest BCUT2D eigenvalue weighted by Gasteiger charge is -2.15. The molecule has 1 atom stereocenters. The molecule has 1 amide bonds. The van der Waals surface area contributed by atoms with Gasteiger partial charge in [-0.1, -0.05) is 27.5 Å². The number of alkyl halides is 1. The Morgan fingerprint density at radius 2 is 2.28 bits per heavy atom. The van der Waals surface area contributed by atoms with Gasteiger partial charge < -0.3 is 10.1 Å². The number of ether oxygens (including phenoxy) is 1. The number of rotatable bonds is 6. The maximum Gasteiger partial charge on any atom is 0.255 e. The molecule has 1 aromatic carbocycles. The van der Waals surface area contributed by atoms with Crippen LogP contribution in [0.4, 0.5) is 0 Å². The molecule has 0 radical (unpaired) electrons. The van der Waals surface area contributed by atoms with Crippen molar-refractivity contribution in [2.45, 2.75) is 25.8 Å². The van der Waals surface area contributed by atoms with E-state index in [1.807, 2.05) is 6.92 Å². The summed E-state index contributed by atoms with van der Waals surface area (Å²) in [4.78, 5) is 12.1. The number of benzene rings is 1. The molecule has 0 aliphatic heterocycles. The Bertz CT molecular complexity index is 412. The standard InChI is InChI=1S/C13H17BrClNO2/c1-9(4-3-7-14)16-13(17)11-8-10(15)5-6-12(11)18-2/h5-6,8-9H,3-4,7H2,1-2H3,(H,16,17). The summed E-state index contributed by atoms with van der Waals surface area (Å²) in [5.41, 5.74) is 0.468. The minimum absolute atomic E-state index is 0.124. The lowest BCUT2D eigenvalue weighted by molar-refractivity contribution is 0.0935. The summed E-state index contributed by atoms with van der Waals surface area (Å²) in [7, 11) is 1.54. The van der Waals surface area contributed by atoms with Crippen LogP contribution < -0.4 is 10.1 Å². The third kappa shape index (κ3) is 4.50. The highest BCUT2D eigenvalue weighted by Crippen LogP contribution is 2.22. The van der Waals surface area contributed by atoms with E-state index in [-0.39, 0.29) is 11.9 Å². The molecule has 3 nitrogen and oxygen atoms in total.